The first-order valence-corrected chi connectivity index (χ1v) is 10.3. The highest BCUT2D eigenvalue weighted by Crippen LogP contribution is 2.27. The van der Waals surface area contributed by atoms with Crippen LogP contribution in [-0.2, 0) is 9.53 Å². The summed E-state index contributed by atoms with van der Waals surface area (Å²) in [6.45, 7) is 8.79. The van der Waals surface area contributed by atoms with E-state index in [0.29, 0.717) is 18.3 Å². The summed E-state index contributed by atoms with van der Waals surface area (Å²) in [5.41, 5.74) is 0. The summed E-state index contributed by atoms with van der Waals surface area (Å²) in [6, 6.07) is 3.99. The lowest BCUT2D eigenvalue weighted by Crippen LogP contribution is -2.52. The van der Waals surface area contributed by atoms with Crippen LogP contribution >= 0.6 is 11.3 Å². The van der Waals surface area contributed by atoms with Gasteiger partial charge in [0.1, 0.15) is 0 Å². The molecule has 0 N–H and O–H groups in total. The number of morpholine rings is 1. The van der Waals surface area contributed by atoms with Crippen molar-refractivity contribution in [1.29, 1.82) is 0 Å². The predicted octanol–water partition coefficient (Wildman–Crippen LogP) is 1.34. The van der Waals surface area contributed by atoms with E-state index in [1.54, 1.807) is 11.3 Å². The Morgan fingerprint density at radius 1 is 1.19 bits per heavy atom. The lowest BCUT2D eigenvalue weighted by Gasteiger charge is -2.38. The van der Waals surface area contributed by atoms with Crippen molar-refractivity contribution in [3.05, 3.63) is 23.4 Å². The molecular formula is C18H25N5O3S. The number of hydrogen-bond acceptors (Lipinski definition) is 8. The number of ether oxygens (including phenoxy) is 1. The molecule has 27 heavy (non-hydrogen) atoms. The molecule has 146 valence electrons. The van der Waals surface area contributed by atoms with Crippen LogP contribution in [0.15, 0.2) is 21.9 Å². The molecule has 0 unspecified atom stereocenters. The van der Waals surface area contributed by atoms with Crippen LogP contribution in [0.1, 0.15) is 18.9 Å². The standard InChI is InChI=1S/C18H25N5O3S/c1-14(17-19-20-18(26-17)15-3-2-12-27-15)22-4-6-23(7-5-22)16(24)13-21-8-10-25-11-9-21/h2-3,12,14H,4-11,13H2,1H3/t14-/m1/s1. The van der Waals surface area contributed by atoms with Crippen molar-refractivity contribution in [3.63, 3.8) is 0 Å². The van der Waals surface area contributed by atoms with Crippen molar-refractivity contribution in [2.45, 2.75) is 13.0 Å². The van der Waals surface area contributed by atoms with Crippen LogP contribution in [0.4, 0.5) is 0 Å². The second-order valence-electron chi connectivity index (χ2n) is 6.90. The Kier molecular flexibility index (Phi) is 5.82. The van der Waals surface area contributed by atoms with Crippen molar-refractivity contribution in [3.8, 4) is 10.8 Å². The zero-order valence-electron chi connectivity index (χ0n) is 15.5. The fraction of sp³-hybridized carbons (Fsp3) is 0.611. The quantitative estimate of drug-likeness (QED) is 0.761. The number of amides is 1. The van der Waals surface area contributed by atoms with Gasteiger partial charge in [-0.05, 0) is 18.4 Å². The Hall–Kier alpha value is -1.81. The third kappa shape index (κ3) is 4.37. The minimum Gasteiger partial charge on any atom is -0.418 e. The normalized spacial score (nSPS) is 20.7. The van der Waals surface area contributed by atoms with Crippen molar-refractivity contribution in [2.75, 3.05) is 59.0 Å². The number of carbonyl (C=O) groups excluding carboxylic acids is 1. The first-order valence-electron chi connectivity index (χ1n) is 9.40. The highest BCUT2D eigenvalue weighted by molar-refractivity contribution is 7.13. The SMILES string of the molecule is C[C@H](c1nnc(-c2cccs2)o1)N1CCN(C(=O)CN2CCOCC2)CC1. The molecule has 1 amide bonds. The van der Waals surface area contributed by atoms with Gasteiger partial charge in [0.15, 0.2) is 0 Å². The minimum atomic E-state index is 0.0442. The van der Waals surface area contributed by atoms with Crippen molar-refractivity contribution < 1.29 is 13.9 Å². The number of aromatic nitrogens is 2. The van der Waals surface area contributed by atoms with Gasteiger partial charge in [-0.1, -0.05) is 6.07 Å². The van der Waals surface area contributed by atoms with Gasteiger partial charge < -0.3 is 14.1 Å². The van der Waals surface area contributed by atoms with Crippen molar-refractivity contribution in [2.24, 2.45) is 0 Å². The zero-order chi connectivity index (χ0) is 18.6. The van der Waals surface area contributed by atoms with E-state index in [1.807, 2.05) is 22.4 Å². The summed E-state index contributed by atoms with van der Waals surface area (Å²) in [5, 5.41) is 10.4. The Labute approximate surface area is 162 Å². The maximum absolute atomic E-state index is 12.5. The molecule has 0 saturated carbocycles. The van der Waals surface area contributed by atoms with E-state index in [9.17, 15) is 4.79 Å². The van der Waals surface area contributed by atoms with Gasteiger partial charge >= 0.3 is 0 Å². The Bertz CT molecular complexity index is 736. The van der Waals surface area contributed by atoms with Crippen LogP contribution in [0.3, 0.4) is 0 Å². The molecule has 0 aromatic carbocycles. The number of rotatable bonds is 5. The Morgan fingerprint density at radius 2 is 1.96 bits per heavy atom. The van der Waals surface area contributed by atoms with E-state index < -0.39 is 0 Å². The van der Waals surface area contributed by atoms with Gasteiger partial charge in [-0.2, -0.15) is 0 Å². The first-order chi connectivity index (χ1) is 13.2. The maximum Gasteiger partial charge on any atom is 0.257 e. The van der Waals surface area contributed by atoms with Gasteiger partial charge in [-0.25, -0.2) is 0 Å². The van der Waals surface area contributed by atoms with E-state index >= 15 is 0 Å². The molecule has 2 fully saturated rings. The Balaban J connectivity index is 1.29. The fourth-order valence-corrected chi connectivity index (χ4v) is 4.11. The van der Waals surface area contributed by atoms with Crippen LogP contribution in [0.2, 0.25) is 0 Å². The van der Waals surface area contributed by atoms with Gasteiger partial charge in [0, 0.05) is 39.3 Å². The molecule has 0 radical (unpaired) electrons. The van der Waals surface area contributed by atoms with Gasteiger partial charge in [-0.15, -0.1) is 21.5 Å². The molecule has 2 aliphatic heterocycles. The Morgan fingerprint density at radius 3 is 2.67 bits per heavy atom. The molecular weight excluding hydrogens is 366 g/mol. The van der Waals surface area contributed by atoms with E-state index in [0.717, 1.165) is 57.4 Å². The van der Waals surface area contributed by atoms with Crippen molar-refractivity contribution in [1.82, 2.24) is 24.9 Å². The molecule has 0 spiro atoms. The summed E-state index contributed by atoms with van der Waals surface area (Å²) >= 11 is 1.59. The summed E-state index contributed by atoms with van der Waals surface area (Å²) in [7, 11) is 0. The number of piperazine rings is 1. The smallest absolute Gasteiger partial charge is 0.257 e. The number of nitrogens with zero attached hydrogens (tertiary/aromatic N) is 5. The maximum atomic E-state index is 12.5. The number of hydrogen-bond donors (Lipinski definition) is 0. The molecule has 2 saturated heterocycles. The van der Waals surface area contributed by atoms with E-state index in [2.05, 4.69) is 26.9 Å². The highest BCUT2D eigenvalue weighted by Gasteiger charge is 2.28. The second-order valence-corrected chi connectivity index (χ2v) is 7.85. The summed E-state index contributed by atoms with van der Waals surface area (Å²) in [5.74, 6) is 1.42. The number of carbonyl (C=O) groups is 1. The van der Waals surface area contributed by atoms with E-state index in [1.165, 1.54) is 0 Å². The summed E-state index contributed by atoms with van der Waals surface area (Å²) in [6.07, 6.45) is 0. The van der Waals surface area contributed by atoms with E-state index in [4.69, 9.17) is 9.15 Å². The van der Waals surface area contributed by atoms with Crippen molar-refractivity contribution >= 4 is 17.2 Å². The zero-order valence-corrected chi connectivity index (χ0v) is 16.4. The number of thiophene rings is 1. The molecule has 0 bridgehead atoms. The average Bonchev–Trinajstić information content (AvgIpc) is 3.40. The molecule has 4 heterocycles. The van der Waals surface area contributed by atoms with Crippen LogP contribution in [-0.4, -0.2) is 89.8 Å². The van der Waals surface area contributed by atoms with Gasteiger partial charge in [0.25, 0.3) is 5.89 Å². The topological polar surface area (TPSA) is 74.9 Å². The molecule has 2 aliphatic rings. The van der Waals surface area contributed by atoms with E-state index in [-0.39, 0.29) is 11.9 Å². The third-order valence-corrected chi connectivity index (χ3v) is 6.07. The fourth-order valence-electron chi connectivity index (χ4n) is 3.47. The highest BCUT2D eigenvalue weighted by atomic mass is 32.1. The predicted molar refractivity (Wildman–Crippen MR) is 101 cm³/mol. The van der Waals surface area contributed by atoms with Gasteiger partial charge in [-0.3, -0.25) is 14.6 Å². The molecule has 0 aliphatic carbocycles. The largest absolute Gasteiger partial charge is 0.418 e. The van der Waals surface area contributed by atoms with Crippen LogP contribution in [0.5, 0.6) is 0 Å². The third-order valence-electron chi connectivity index (χ3n) is 5.21. The second kappa shape index (κ2) is 8.47. The summed E-state index contributed by atoms with van der Waals surface area (Å²) < 4.78 is 11.2. The van der Waals surface area contributed by atoms with Gasteiger partial charge in [0.2, 0.25) is 11.8 Å². The molecule has 9 heteroatoms. The molecule has 4 rings (SSSR count). The monoisotopic (exact) mass is 391 g/mol. The van der Waals surface area contributed by atoms with Crippen LogP contribution in [0, 0.1) is 0 Å². The first kappa shape index (κ1) is 18.5. The lowest BCUT2D eigenvalue weighted by molar-refractivity contribution is -0.135. The molecule has 2 aromatic rings. The molecule has 1 atom stereocenters. The molecule has 2 aromatic heterocycles. The van der Waals surface area contributed by atoms with Crippen LogP contribution in [0.25, 0.3) is 10.8 Å². The lowest BCUT2D eigenvalue weighted by atomic mass is 10.2. The van der Waals surface area contributed by atoms with Crippen LogP contribution < -0.4 is 0 Å². The van der Waals surface area contributed by atoms with Gasteiger partial charge in [0.05, 0.1) is 30.7 Å². The molecule has 8 nitrogen and oxygen atoms in total. The average molecular weight is 391 g/mol. The minimum absolute atomic E-state index is 0.0442. The summed E-state index contributed by atoms with van der Waals surface area (Å²) in [4.78, 5) is 19.9.